The topological polar surface area (TPSA) is 45.5 Å². The lowest BCUT2D eigenvalue weighted by molar-refractivity contribution is -0.138. The second-order valence-corrected chi connectivity index (χ2v) is 5.30. The van der Waals surface area contributed by atoms with Crippen LogP contribution < -0.4 is 0 Å². The monoisotopic (exact) mass is 288 g/mol. The van der Waals surface area contributed by atoms with E-state index in [1.165, 1.54) is 12.1 Å². The normalized spacial score (nSPS) is 19.0. The first-order chi connectivity index (χ1) is 10.1. The second kappa shape index (κ2) is 5.69. The van der Waals surface area contributed by atoms with Crippen molar-refractivity contribution in [3.63, 3.8) is 0 Å². The number of hydrogen-bond donors (Lipinski definition) is 1. The van der Waals surface area contributed by atoms with Gasteiger partial charge in [0.2, 0.25) is 0 Å². The maximum Gasteiger partial charge on any atom is 0.317 e. The lowest BCUT2D eigenvalue weighted by Crippen LogP contribution is -2.34. The molecule has 5 heteroatoms. The molecule has 3 rings (SSSR count). The number of carboxylic acids is 1. The van der Waals surface area contributed by atoms with Gasteiger partial charge in [0.05, 0.1) is 12.6 Å². The average Bonchev–Trinajstić information content (AvgIpc) is 2.82. The van der Waals surface area contributed by atoms with Crippen molar-refractivity contribution in [1.82, 2.24) is 9.47 Å². The molecule has 1 aromatic heterocycles. The fourth-order valence-corrected chi connectivity index (χ4v) is 3.01. The number of rotatable bonds is 3. The Morgan fingerprint density at radius 3 is 2.71 bits per heavy atom. The number of aryl methyl sites for hydroxylation is 1. The molecule has 1 atom stereocenters. The van der Waals surface area contributed by atoms with Gasteiger partial charge >= 0.3 is 5.97 Å². The van der Waals surface area contributed by atoms with E-state index in [4.69, 9.17) is 5.11 Å². The smallest absolute Gasteiger partial charge is 0.317 e. The molecule has 0 saturated heterocycles. The number of nitrogens with zero attached hydrogens (tertiary/aromatic N) is 2. The minimum absolute atomic E-state index is 0.0206. The van der Waals surface area contributed by atoms with Crippen LogP contribution in [0.15, 0.2) is 42.6 Å². The summed E-state index contributed by atoms with van der Waals surface area (Å²) in [6, 6.07) is 10.1. The van der Waals surface area contributed by atoms with Crippen LogP contribution in [0.3, 0.4) is 0 Å². The van der Waals surface area contributed by atoms with Gasteiger partial charge in [0.25, 0.3) is 0 Å². The first-order valence-corrected chi connectivity index (χ1v) is 7.01. The van der Waals surface area contributed by atoms with Crippen molar-refractivity contribution in [3.05, 3.63) is 59.7 Å². The summed E-state index contributed by atoms with van der Waals surface area (Å²) < 4.78 is 15.3. The maximum atomic E-state index is 13.2. The Balaban J connectivity index is 2.04. The molecule has 2 heterocycles. The van der Waals surface area contributed by atoms with E-state index in [0.29, 0.717) is 6.54 Å². The highest BCUT2D eigenvalue weighted by Gasteiger charge is 2.28. The molecule has 1 N–H and O–H groups in total. The van der Waals surface area contributed by atoms with Crippen LogP contribution in [0.1, 0.15) is 23.7 Å². The van der Waals surface area contributed by atoms with E-state index in [-0.39, 0.29) is 18.4 Å². The third-order valence-corrected chi connectivity index (χ3v) is 3.88. The molecule has 1 aliphatic heterocycles. The molecule has 21 heavy (non-hydrogen) atoms. The van der Waals surface area contributed by atoms with Gasteiger partial charge in [0, 0.05) is 25.0 Å². The van der Waals surface area contributed by atoms with Gasteiger partial charge in [-0.25, -0.2) is 4.39 Å². The van der Waals surface area contributed by atoms with Crippen LogP contribution in [0, 0.1) is 5.82 Å². The summed E-state index contributed by atoms with van der Waals surface area (Å²) in [5.41, 5.74) is 1.97. The highest BCUT2D eigenvalue weighted by Crippen LogP contribution is 2.31. The molecule has 0 bridgehead atoms. The molecule has 110 valence electrons. The number of carbonyl (C=O) groups is 1. The Labute approximate surface area is 122 Å². The van der Waals surface area contributed by atoms with Gasteiger partial charge < -0.3 is 9.67 Å². The second-order valence-electron chi connectivity index (χ2n) is 5.30. The first-order valence-electron chi connectivity index (χ1n) is 7.01. The predicted octanol–water partition coefficient (Wildman–Crippen LogP) is 2.51. The standard InChI is InChI=1S/C16H17FN2O2/c17-13-6-4-12(5-7-13)16-14-3-1-8-18(14)9-2-10-19(16)11-15(20)21/h1,3-8,16H,2,9-11H2,(H,20,21). The summed E-state index contributed by atoms with van der Waals surface area (Å²) in [5.74, 6) is -1.13. The summed E-state index contributed by atoms with van der Waals surface area (Å²) in [6.07, 6.45) is 2.91. The van der Waals surface area contributed by atoms with Gasteiger partial charge in [-0.2, -0.15) is 0 Å². The van der Waals surface area contributed by atoms with Gasteiger partial charge in [-0.15, -0.1) is 0 Å². The van der Waals surface area contributed by atoms with Gasteiger partial charge in [-0.1, -0.05) is 12.1 Å². The van der Waals surface area contributed by atoms with E-state index >= 15 is 0 Å². The van der Waals surface area contributed by atoms with E-state index in [1.807, 2.05) is 23.2 Å². The van der Waals surface area contributed by atoms with Crippen molar-refractivity contribution in [1.29, 1.82) is 0 Å². The summed E-state index contributed by atoms with van der Waals surface area (Å²) in [6.45, 7) is 1.55. The van der Waals surface area contributed by atoms with E-state index in [2.05, 4.69) is 4.57 Å². The highest BCUT2D eigenvalue weighted by atomic mass is 19.1. The lowest BCUT2D eigenvalue weighted by atomic mass is 10.0. The lowest BCUT2D eigenvalue weighted by Gasteiger charge is -2.29. The summed E-state index contributed by atoms with van der Waals surface area (Å²) in [7, 11) is 0. The van der Waals surface area contributed by atoms with Crippen molar-refractivity contribution in [3.8, 4) is 0 Å². The largest absolute Gasteiger partial charge is 0.480 e. The minimum atomic E-state index is -0.845. The molecule has 0 amide bonds. The number of halogens is 1. The molecule has 1 aromatic carbocycles. The van der Waals surface area contributed by atoms with Gasteiger partial charge in [0.15, 0.2) is 0 Å². The molecule has 1 aliphatic rings. The predicted molar refractivity (Wildman–Crippen MR) is 76.5 cm³/mol. The molecule has 2 aromatic rings. The first kappa shape index (κ1) is 13.8. The maximum absolute atomic E-state index is 13.2. The number of carboxylic acid groups (broad SMARTS) is 1. The molecule has 0 spiro atoms. The summed E-state index contributed by atoms with van der Waals surface area (Å²) >= 11 is 0. The Morgan fingerprint density at radius 1 is 1.24 bits per heavy atom. The highest BCUT2D eigenvalue weighted by molar-refractivity contribution is 5.69. The fourth-order valence-electron chi connectivity index (χ4n) is 3.01. The van der Waals surface area contributed by atoms with Crippen molar-refractivity contribution >= 4 is 5.97 Å². The Kier molecular flexibility index (Phi) is 3.75. The number of aromatic nitrogens is 1. The fraction of sp³-hybridized carbons (Fsp3) is 0.312. The van der Waals surface area contributed by atoms with Crippen LogP contribution in [0.2, 0.25) is 0 Å². The van der Waals surface area contributed by atoms with Crippen molar-refractivity contribution in [2.45, 2.75) is 19.0 Å². The van der Waals surface area contributed by atoms with Gasteiger partial charge in [-0.3, -0.25) is 9.69 Å². The Morgan fingerprint density at radius 2 is 2.00 bits per heavy atom. The molecular weight excluding hydrogens is 271 g/mol. The van der Waals surface area contributed by atoms with E-state index in [9.17, 15) is 9.18 Å². The van der Waals surface area contributed by atoms with Crippen LogP contribution >= 0.6 is 0 Å². The van der Waals surface area contributed by atoms with Gasteiger partial charge in [0.1, 0.15) is 5.82 Å². The third-order valence-electron chi connectivity index (χ3n) is 3.88. The molecule has 4 nitrogen and oxygen atoms in total. The van der Waals surface area contributed by atoms with Crippen LogP contribution in [0.25, 0.3) is 0 Å². The van der Waals surface area contributed by atoms with E-state index < -0.39 is 5.97 Å². The molecule has 0 radical (unpaired) electrons. The van der Waals surface area contributed by atoms with Crippen molar-refractivity contribution in [2.24, 2.45) is 0 Å². The third kappa shape index (κ3) is 2.83. The van der Waals surface area contributed by atoms with Crippen molar-refractivity contribution in [2.75, 3.05) is 13.1 Å². The van der Waals surface area contributed by atoms with E-state index in [1.54, 1.807) is 12.1 Å². The zero-order chi connectivity index (χ0) is 14.8. The zero-order valence-electron chi connectivity index (χ0n) is 11.6. The molecule has 0 saturated carbocycles. The van der Waals surface area contributed by atoms with Crippen LogP contribution in [0.4, 0.5) is 4.39 Å². The summed E-state index contributed by atoms with van der Waals surface area (Å²) in [4.78, 5) is 13.1. The SMILES string of the molecule is O=C(O)CN1CCCn2cccc2C1c1ccc(F)cc1. The van der Waals surface area contributed by atoms with Crippen LogP contribution in [-0.2, 0) is 11.3 Å². The van der Waals surface area contributed by atoms with Crippen LogP contribution in [0.5, 0.6) is 0 Å². The number of hydrogen-bond acceptors (Lipinski definition) is 2. The quantitative estimate of drug-likeness (QED) is 0.944. The molecule has 0 fully saturated rings. The van der Waals surface area contributed by atoms with Gasteiger partial charge in [-0.05, 0) is 36.2 Å². The molecule has 1 unspecified atom stereocenters. The summed E-state index contributed by atoms with van der Waals surface area (Å²) in [5, 5.41) is 9.16. The van der Waals surface area contributed by atoms with Crippen LogP contribution in [-0.4, -0.2) is 33.6 Å². The van der Waals surface area contributed by atoms with Crippen molar-refractivity contribution < 1.29 is 14.3 Å². The molecular formula is C16H17FN2O2. The Hall–Kier alpha value is -2.14. The number of aliphatic carboxylic acids is 1. The number of fused-ring (bicyclic) bond motifs is 1. The van der Waals surface area contributed by atoms with E-state index in [0.717, 1.165) is 24.2 Å². The average molecular weight is 288 g/mol. The minimum Gasteiger partial charge on any atom is -0.480 e. The number of benzene rings is 1. The molecule has 0 aliphatic carbocycles. The Bertz CT molecular complexity index is 636. The zero-order valence-corrected chi connectivity index (χ0v) is 11.6.